The van der Waals surface area contributed by atoms with E-state index in [9.17, 15) is 18.9 Å². The molecule has 2 rings (SSSR count). The smallest absolute Gasteiger partial charge is 0.321 e. The van der Waals surface area contributed by atoms with E-state index in [1.54, 1.807) is 60.7 Å². The summed E-state index contributed by atoms with van der Waals surface area (Å²) in [5.74, 6) is 0. The molecule has 0 aliphatic rings. The van der Waals surface area contributed by atoms with Crippen molar-refractivity contribution in [2.24, 2.45) is 0 Å². The number of hydrogen-bond donors (Lipinski definition) is 2. The molecule has 2 unspecified atom stereocenters. The fourth-order valence-corrected chi connectivity index (χ4v) is 5.17. The van der Waals surface area contributed by atoms with E-state index in [0.717, 1.165) is 51.4 Å². The summed E-state index contributed by atoms with van der Waals surface area (Å²) >= 11 is 0. The first-order valence-electron chi connectivity index (χ1n) is 10.5. The van der Waals surface area contributed by atoms with Crippen LogP contribution >= 0.6 is 15.2 Å². The molecular weight excluding hydrogens is 422 g/mol. The average Bonchev–Trinajstić information content (AvgIpc) is 2.75. The van der Waals surface area contributed by atoms with Gasteiger partial charge >= 0.3 is 15.2 Å². The van der Waals surface area contributed by atoms with Crippen molar-refractivity contribution in [2.75, 3.05) is 13.2 Å². The molecule has 8 heteroatoms. The molecule has 0 bridgehead atoms. The van der Waals surface area contributed by atoms with E-state index < -0.39 is 15.2 Å². The standard InChI is InChI=1S/C22H32O6P2/c23-29(24,21-15-9-7-10-16-21)27-19-13-5-3-1-2-4-6-14-20-28-30(25,26)22-17-11-8-12-18-22/h7-12,15-18H,1-6,13-14,19-20H2,(H,23,24)(H,25,26). The van der Waals surface area contributed by atoms with Crippen molar-refractivity contribution in [1.29, 1.82) is 0 Å². The molecule has 0 saturated carbocycles. The van der Waals surface area contributed by atoms with Gasteiger partial charge in [0.2, 0.25) is 0 Å². The highest BCUT2D eigenvalue weighted by atomic mass is 31.2. The molecule has 2 aromatic carbocycles. The lowest BCUT2D eigenvalue weighted by atomic mass is 10.1. The summed E-state index contributed by atoms with van der Waals surface area (Å²) < 4.78 is 34.6. The van der Waals surface area contributed by atoms with Gasteiger partial charge < -0.3 is 18.8 Å². The maximum absolute atomic E-state index is 12.1. The maximum atomic E-state index is 12.1. The first-order valence-corrected chi connectivity index (χ1v) is 13.6. The molecule has 2 aromatic rings. The summed E-state index contributed by atoms with van der Waals surface area (Å²) in [6.07, 6.45) is 7.75. The number of rotatable bonds is 15. The minimum Gasteiger partial charge on any atom is -0.321 e. The number of unbranched alkanes of at least 4 members (excludes halogenated alkanes) is 7. The zero-order chi connectivity index (χ0) is 21.7. The van der Waals surface area contributed by atoms with Crippen LogP contribution in [0.5, 0.6) is 0 Å². The van der Waals surface area contributed by atoms with Gasteiger partial charge in [0.15, 0.2) is 0 Å². The highest BCUT2D eigenvalue weighted by Gasteiger charge is 2.22. The second-order valence-corrected chi connectivity index (χ2v) is 10.8. The fourth-order valence-electron chi connectivity index (χ4n) is 3.02. The number of hydrogen-bond acceptors (Lipinski definition) is 4. The average molecular weight is 454 g/mol. The summed E-state index contributed by atoms with van der Waals surface area (Å²) in [4.78, 5) is 19.9. The molecule has 6 nitrogen and oxygen atoms in total. The Hall–Kier alpha value is -1.26. The Labute approximate surface area is 179 Å². The van der Waals surface area contributed by atoms with Gasteiger partial charge in [-0.05, 0) is 37.1 Å². The van der Waals surface area contributed by atoms with Crippen LogP contribution in [0.4, 0.5) is 0 Å². The third kappa shape index (κ3) is 9.26. The molecule has 0 heterocycles. The Kier molecular flexibility index (Phi) is 11.0. The zero-order valence-electron chi connectivity index (χ0n) is 17.3. The zero-order valence-corrected chi connectivity index (χ0v) is 19.1. The summed E-state index contributed by atoms with van der Waals surface area (Å²) in [5.41, 5.74) is 0. The molecule has 0 aliphatic carbocycles. The number of benzene rings is 2. The Bertz CT molecular complexity index is 743. The van der Waals surface area contributed by atoms with E-state index in [1.807, 2.05) is 0 Å². The summed E-state index contributed by atoms with van der Waals surface area (Å²) in [5, 5.41) is 0.658. The lowest BCUT2D eigenvalue weighted by Gasteiger charge is -2.12. The Morgan fingerprint density at radius 2 is 0.833 bits per heavy atom. The monoisotopic (exact) mass is 454 g/mol. The van der Waals surface area contributed by atoms with Crippen molar-refractivity contribution in [1.82, 2.24) is 0 Å². The van der Waals surface area contributed by atoms with E-state index in [1.165, 1.54) is 0 Å². The largest absolute Gasteiger partial charge is 0.358 e. The van der Waals surface area contributed by atoms with Crippen LogP contribution in [0.25, 0.3) is 0 Å². The van der Waals surface area contributed by atoms with Crippen LogP contribution in [-0.2, 0) is 18.2 Å². The SMILES string of the molecule is O=P(O)(OCCCCCCCCCCOP(=O)(O)c1ccccc1)c1ccccc1. The fraction of sp³-hybridized carbons (Fsp3) is 0.455. The molecule has 0 aromatic heterocycles. The van der Waals surface area contributed by atoms with Crippen LogP contribution in [0.3, 0.4) is 0 Å². The second-order valence-electron chi connectivity index (χ2n) is 7.21. The summed E-state index contributed by atoms with van der Waals surface area (Å²) in [6.45, 7) is 0.561. The molecule has 0 fully saturated rings. The lowest BCUT2D eigenvalue weighted by molar-refractivity contribution is 0.259. The van der Waals surface area contributed by atoms with E-state index in [2.05, 4.69) is 0 Å². The Morgan fingerprint density at radius 3 is 1.17 bits per heavy atom. The highest BCUT2D eigenvalue weighted by Crippen LogP contribution is 2.41. The molecule has 0 amide bonds. The van der Waals surface area contributed by atoms with Crippen LogP contribution < -0.4 is 10.6 Å². The molecule has 30 heavy (non-hydrogen) atoms. The molecule has 0 saturated heterocycles. The predicted octanol–water partition coefficient (Wildman–Crippen LogP) is 5.16. The van der Waals surface area contributed by atoms with Crippen LogP contribution in [0.1, 0.15) is 51.4 Å². The van der Waals surface area contributed by atoms with Crippen molar-refractivity contribution in [2.45, 2.75) is 51.4 Å². The quantitative estimate of drug-likeness (QED) is 0.285. The highest BCUT2D eigenvalue weighted by molar-refractivity contribution is 7.61. The normalized spacial score (nSPS) is 15.4. The van der Waals surface area contributed by atoms with Gasteiger partial charge in [0.25, 0.3) is 0 Å². The first-order chi connectivity index (χ1) is 14.4. The molecule has 0 aliphatic heterocycles. The summed E-state index contributed by atoms with van der Waals surface area (Å²) in [6, 6.07) is 16.9. The van der Waals surface area contributed by atoms with Gasteiger partial charge in [-0.2, -0.15) is 0 Å². The van der Waals surface area contributed by atoms with Gasteiger partial charge in [0, 0.05) is 0 Å². The van der Waals surface area contributed by atoms with Gasteiger partial charge in [0.05, 0.1) is 23.8 Å². The second kappa shape index (κ2) is 13.2. The molecule has 0 radical (unpaired) electrons. The first kappa shape index (κ1) is 25.0. The Balaban J connectivity index is 1.43. The van der Waals surface area contributed by atoms with E-state index in [4.69, 9.17) is 9.05 Å². The summed E-state index contributed by atoms with van der Waals surface area (Å²) in [7, 11) is -7.41. The molecule has 0 spiro atoms. The molecule has 2 atom stereocenters. The minimum atomic E-state index is -3.70. The van der Waals surface area contributed by atoms with Crippen molar-refractivity contribution >= 4 is 25.8 Å². The van der Waals surface area contributed by atoms with E-state index >= 15 is 0 Å². The van der Waals surface area contributed by atoms with Crippen LogP contribution in [0.15, 0.2) is 60.7 Å². The molecule has 2 N–H and O–H groups in total. The van der Waals surface area contributed by atoms with Crippen LogP contribution in [-0.4, -0.2) is 23.0 Å². The third-order valence-corrected chi connectivity index (χ3v) is 7.70. The predicted molar refractivity (Wildman–Crippen MR) is 121 cm³/mol. The van der Waals surface area contributed by atoms with Crippen LogP contribution in [0, 0.1) is 0 Å². The van der Waals surface area contributed by atoms with E-state index in [-0.39, 0.29) is 13.2 Å². The van der Waals surface area contributed by atoms with Gasteiger partial charge in [-0.25, -0.2) is 0 Å². The van der Waals surface area contributed by atoms with Crippen molar-refractivity contribution in [3.8, 4) is 0 Å². The van der Waals surface area contributed by atoms with Gasteiger partial charge in [0.1, 0.15) is 0 Å². The van der Waals surface area contributed by atoms with Gasteiger partial charge in [-0.15, -0.1) is 0 Å². The van der Waals surface area contributed by atoms with E-state index in [0.29, 0.717) is 10.6 Å². The topological polar surface area (TPSA) is 93.1 Å². The van der Waals surface area contributed by atoms with Crippen molar-refractivity contribution in [3.05, 3.63) is 60.7 Å². The van der Waals surface area contributed by atoms with Crippen molar-refractivity contribution < 1.29 is 28.0 Å². The lowest BCUT2D eigenvalue weighted by Crippen LogP contribution is -2.07. The maximum Gasteiger partial charge on any atom is 0.358 e. The van der Waals surface area contributed by atoms with Gasteiger partial charge in [-0.1, -0.05) is 74.9 Å². The molecule has 166 valence electrons. The minimum absolute atomic E-state index is 0.280. The van der Waals surface area contributed by atoms with Crippen LogP contribution in [0.2, 0.25) is 0 Å². The Morgan fingerprint density at radius 1 is 0.533 bits per heavy atom. The molecular formula is C22H32O6P2. The van der Waals surface area contributed by atoms with Gasteiger partial charge in [-0.3, -0.25) is 9.13 Å². The third-order valence-electron chi connectivity index (χ3n) is 4.74. The van der Waals surface area contributed by atoms with Crippen molar-refractivity contribution in [3.63, 3.8) is 0 Å².